The van der Waals surface area contributed by atoms with Crippen molar-refractivity contribution in [3.8, 4) is 0 Å². The Morgan fingerprint density at radius 2 is 1.96 bits per heavy atom. The monoisotopic (exact) mass is 420 g/mol. The molecule has 10 heteroatoms. The quantitative estimate of drug-likeness (QED) is 0.693. The SMILES string of the molecule is CN1CCN([C@H]2COC[C@@H]2NC(=O)c2cn3c(n2)CCNCC3)CC1.Cl.Cl. The molecule has 0 radical (unpaired) electrons. The lowest BCUT2D eigenvalue weighted by atomic mass is 10.1. The van der Waals surface area contributed by atoms with Crippen LogP contribution in [0.3, 0.4) is 0 Å². The molecule has 4 rings (SSSR count). The number of aromatic nitrogens is 2. The zero-order valence-electron chi connectivity index (χ0n) is 15.7. The van der Waals surface area contributed by atoms with Crippen molar-refractivity contribution in [2.75, 3.05) is 59.5 Å². The van der Waals surface area contributed by atoms with Crippen LogP contribution in [0, 0.1) is 0 Å². The molecule has 0 unspecified atom stereocenters. The first-order chi connectivity index (χ1) is 12.2. The van der Waals surface area contributed by atoms with Gasteiger partial charge in [0.1, 0.15) is 11.5 Å². The molecular weight excluding hydrogens is 391 g/mol. The lowest BCUT2D eigenvalue weighted by Crippen LogP contribution is -2.56. The number of piperazine rings is 1. The van der Waals surface area contributed by atoms with E-state index in [-0.39, 0.29) is 42.8 Å². The lowest BCUT2D eigenvalue weighted by molar-refractivity contribution is 0.0826. The predicted molar refractivity (Wildman–Crippen MR) is 108 cm³/mol. The summed E-state index contributed by atoms with van der Waals surface area (Å²) >= 11 is 0. The van der Waals surface area contributed by atoms with Gasteiger partial charge in [0.05, 0.1) is 25.3 Å². The lowest BCUT2D eigenvalue weighted by Gasteiger charge is -2.37. The van der Waals surface area contributed by atoms with E-state index < -0.39 is 0 Å². The third kappa shape index (κ3) is 5.13. The van der Waals surface area contributed by atoms with Gasteiger partial charge in [-0.3, -0.25) is 9.69 Å². The Labute approximate surface area is 172 Å². The Balaban J connectivity index is 0.00000131. The maximum Gasteiger partial charge on any atom is 0.271 e. The van der Waals surface area contributed by atoms with Crippen LogP contribution in [-0.2, 0) is 17.7 Å². The van der Waals surface area contributed by atoms with E-state index in [1.165, 1.54) is 0 Å². The van der Waals surface area contributed by atoms with Crippen LogP contribution in [0.4, 0.5) is 0 Å². The molecule has 0 spiro atoms. The highest BCUT2D eigenvalue weighted by Gasteiger charge is 2.35. The van der Waals surface area contributed by atoms with E-state index in [0.717, 1.165) is 58.1 Å². The van der Waals surface area contributed by atoms with E-state index in [0.29, 0.717) is 18.9 Å². The van der Waals surface area contributed by atoms with Crippen LogP contribution in [0.2, 0.25) is 0 Å². The first-order valence-electron chi connectivity index (χ1n) is 9.28. The predicted octanol–water partition coefficient (Wildman–Crippen LogP) is -0.383. The van der Waals surface area contributed by atoms with Gasteiger partial charge in [-0.15, -0.1) is 24.8 Å². The molecule has 4 heterocycles. The second-order valence-corrected chi connectivity index (χ2v) is 7.26. The molecule has 3 aliphatic rings. The third-order valence-corrected chi connectivity index (χ3v) is 5.52. The van der Waals surface area contributed by atoms with Gasteiger partial charge in [-0.1, -0.05) is 0 Å². The zero-order valence-corrected chi connectivity index (χ0v) is 17.4. The standard InChI is InChI=1S/C17H28N6O2.2ClH/c1-21-6-8-22(9-7-21)15-12-25-11-14(15)20-17(24)13-10-23-5-4-18-3-2-16(23)19-13;;/h10,14-15,18H,2-9,11-12H2,1H3,(H,20,24);2*1H/t14-,15-;;/m0../s1. The van der Waals surface area contributed by atoms with Gasteiger partial charge in [-0.2, -0.15) is 0 Å². The minimum atomic E-state index is -0.0804. The number of halogens is 2. The molecule has 0 bridgehead atoms. The van der Waals surface area contributed by atoms with Crippen molar-refractivity contribution in [1.29, 1.82) is 0 Å². The van der Waals surface area contributed by atoms with Crippen molar-refractivity contribution in [2.24, 2.45) is 0 Å². The van der Waals surface area contributed by atoms with E-state index in [9.17, 15) is 4.79 Å². The fraction of sp³-hybridized carbons (Fsp3) is 0.765. The van der Waals surface area contributed by atoms with Crippen LogP contribution in [0.1, 0.15) is 16.3 Å². The number of nitrogens with zero attached hydrogens (tertiary/aromatic N) is 4. The topological polar surface area (TPSA) is 74.7 Å². The molecule has 27 heavy (non-hydrogen) atoms. The molecule has 1 aromatic heterocycles. The summed E-state index contributed by atoms with van der Waals surface area (Å²) in [5.74, 6) is 0.914. The number of fused-ring (bicyclic) bond motifs is 1. The largest absolute Gasteiger partial charge is 0.378 e. The van der Waals surface area contributed by atoms with Crippen LogP contribution in [0.25, 0.3) is 0 Å². The second-order valence-electron chi connectivity index (χ2n) is 7.26. The molecule has 1 aromatic rings. The highest BCUT2D eigenvalue weighted by molar-refractivity contribution is 5.92. The molecule has 2 atom stereocenters. The summed E-state index contributed by atoms with van der Waals surface area (Å²) in [7, 11) is 2.15. The maximum atomic E-state index is 12.7. The number of hydrogen-bond acceptors (Lipinski definition) is 6. The summed E-state index contributed by atoms with van der Waals surface area (Å²) in [5, 5.41) is 6.51. The molecule has 8 nitrogen and oxygen atoms in total. The average Bonchev–Trinajstić information content (AvgIpc) is 3.17. The number of hydrogen-bond donors (Lipinski definition) is 2. The van der Waals surface area contributed by atoms with Crippen LogP contribution >= 0.6 is 24.8 Å². The third-order valence-electron chi connectivity index (χ3n) is 5.52. The van der Waals surface area contributed by atoms with E-state index in [1.807, 2.05) is 6.20 Å². The van der Waals surface area contributed by atoms with Gasteiger partial charge >= 0.3 is 0 Å². The van der Waals surface area contributed by atoms with Gasteiger partial charge in [0, 0.05) is 58.4 Å². The molecule has 2 fully saturated rings. The Morgan fingerprint density at radius 1 is 1.19 bits per heavy atom. The first-order valence-corrected chi connectivity index (χ1v) is 9.28. The van der Waals surface area contributed by atoms with Gasteiger partial charge in [-0.25, -0.2) is 4.98 Å². The molecule has 2 saturated heterocycles. The number of amides is 1. The van der Waals surface area contributed by atoms with E-state index in [4.69, 9.17) is 4.74 Å². The van der Waals surface area contributed by atoms with Crippen molar-refractivity contribution >= 4 is 30.7 Å². The molecule has 0 aromatic carbocycles. The van der Waals surface area contributed by atoms with Crippen LogP contribution in [0.5, 0.6) is 0 Å². The molecule has 2 N–H and O–H groups in total. The van der Waals surface area contributed by atoms with Crippen molar-refractivity contribution < 1.29 is 9.53 Å². The minimum absolute atomic E-state index is 0. The number of imidazole rings is 1. The summed E-state index contributed by atoms with van der Waals surface area (Å²) in [6, 6.07) is 0.307. The van der Waals surface area contributed by atoms with Gasteiger partial charge in [0.15, 0.2) is 0 Å². The Hall–Kier alpha value is -0.900. The normalized spacial score (nSPS) is 26.4. The fourth-order valence-corrected chi connectivity index (χ4v) is 3.92. The van der Waals surface area contributed by atoms with Crippen molar-refractivity contribution in [3.05, 3.63) is 17.7 Å². The van der Waals surface area contributed by atoms with Crippen molar-refractivity contribution in [1.82, 2.24) is 30.0 Å². The molecule has 1 amide bonds. The number of ether oxygens (including phenoxy) is 1. The van der Waals surface area contributed by atoms with Crippen LogP contribution in [0.15, 0.2) is 6.20 Å². The molecular formula is C17H30Cl2N6O2. The summed E-state index contributed by atoms with van der Waals surface area (Å²) < 4.78 is 7.78. The van der Waals surface area contributed by atoms with Crippen LogP contribution in [-0.4, -0.2) is 96.9 Å². The minimum Gasteiger partial charge on any atom is -0.378 e. The average molecular weight is 421 g/mol. The van der Waals surface area contributed by atoms with Crippen LogP contribution < -0.4 is 10.6 Å². The van der Waals surface area contributed by atoms with Crippen molar-refractivity contribution in [2.45, 2.75) is 25.0 Å². The Bertz CT molecular complexity index is 597. The summed E-state index contributed by atoms with van der Waals surface area (Å²) in [6.07, 6.45) is 2.75. The Morgan fingerprint density at radius 3 is 2.74 bits per heavy atom. The first kappa shape index (κ1) is 22.4. The van der Waals surface area contributed by atoms with Gasteiger partial charge in [0.2, 0.25) is 0 Å². The van der Waals surface area contributed by atoms with Gasteiger partial charge in [-0.05, 0) is 7.05 Å². The summed E-state index contributed by atoms with van der Waals surface area (Å²) in [6.45, 7) is 8.18. The highest BCUT2D eigenvalue weighted by Crippen LogP contribution is 2.16. The number of likely N-dealkylation sites (N-methyl/N-ethyl adjacent to an activating group) is 1. The van der Waals surface area contributed by atoms with E-state index >= 15 is 0 Å². The number of nitrogens with one attached hydrogen (secondary N) is 2. The van der Waals surface area contributed by atoms with E-state index in [2.05, 4.69) is 37.0 Å². The fourth-order valence-electron chi connectivity index (χ4n) is 3.92. The molecule has 0 saturated carbocycles. The second kappa shape index (κ2) is 10.0. The smallest absolute Gasteiger partial charge is 0.271 e. The maximum absolute atomic E-state index is 12.7. The van der Waals surface area contributed by atoms with Crippen molar-refractivity contribution in [3.63, 3.8) is 0 Å². The summed E-state index contributed by atoms with van der Waals surface area (Å²) in [4.78, 5) is 22.0. The highest BCUT2D eigenvalue weighted by atomic mass is 35.5. The Kier molecular flexibility index (Phi) is 8.33. The number of carbonyl (C=O) groups excluding carboxylic acids is 1. The zero-order chi connectivity index (χ0) is 17.2. The number of carbonyl (C=O) groups is 1. The van der Waals surface area contributed by atoms with Gasteiger partial charge in [0.25, 0.3) is 5.91 Å². The number of rotatable bonds is 3. The molecule has 0 aliphatic carbocycles. The molecule has 3 aliphatic heterocycles. The summed E-state index contributed by atoms with van der Waals surface area (Å²) in [5.41, 5.74) is 0.529. The molecule has 154 valence electrons. The van der Waals surface area contributed by atoms with E-state index in [1.54, 1.807) is 0 Å². The van der Waals surface area contributed by atoms with Gasteiger partial charge < -0.3 is 24.8 Å².